The van der Waals surface area contributed by atoms with Crippen molar-refractivity contribution < 1.29 is 40.2 Å². The summed E-state index contributed by atoms with van der Waals surface area (Å²) in [7, 11) is 0. The van der Waals surface area contributed by atoms with Gasteiger partial charge in [0.25, 0.3) is 0 Å². The molecule has 0 unspecified atom stereocenters. The average molecular weight is 398 g/mol. The number of hydrogen-bond acceptors (Lipinski definition) is 8. The Labute approximate surface area is 163 Å². The van der Waals surface area contributed by atoms with E-state index in [-0.39, 0.29) is 25.0 Å². The first-order valence-corrected chi connectivity index (χ1v) is 9.78. The maximum absolute atomic E-state index is 13.5. The van der Waals surface area contributed by atoms with E-state index >= 15 is 0 Å². The fraction of sp³-hybridized carbons (Fsp3) is 0.850. The first-order valence-electron chi connectivity index (χ1n) is 9.78. The Bertz CT molecular complexity index is 761. The molecule has 2 bridgehead atoms. The van der Waals surface area contributed by atoms with Gasteiger partial charge < -0.3 is 35.4 Å². The van der Waals surface area contributed by atoms with Gasteiger partial charge in [-0.25, -0.2) is 0 Å². The van der Waals surface area contributed by atoms with Crippen molar-refractivity contribution in [2.75, 3.05) is 6.61 Å². The Hall–Kier alpha value is -0.870. The number of rotatable bonds is 0. The van der Waals surface area contributed by atoms with Gasteiger partial charge in [-0.15, -0.1) is 0 Å². The van der Waals surface area contributed by atoms with Gasteiger partial charge in [0.15, 0.2) is 5.78 Å². The monoisotopic (exact) mass is 398 g/mol. The summed E-state index contributed by atoms with van der Waals surface area (Å²) in [6, 6.07) is 0. The molecule has 8 nitrogen and oxygen atoms in total. The van der Waals surface area contributed by atoms with Gasteiger partial charge >= 0.3 is 0 Å². The summed E-state index contributed by atoms with van der Waals surface area (Å²) < 4.78 is 5.38. The molecule has 3 fully saturated rings. The molecule has 1 heterocycles. The molecule has 3 aliphatic carbocycles. The second-order valence-electron chi connectivity index (χ2n) is 9.88. The topological polar surface area (TPSA) is 148 Å². The number of aliphatic hydroxyl groups is 6. The van der Waals surface area contributed by atoms with Crippen molar-refractivity contribution in [1.82, 2.24) is 0 Å². The fourth-order valence-corrected chi connectivity index (χ4v) is 6.38. The number of ketones is 1. The van der Waals surface area contributed by atoms with Crippen molar-refractivity contribution in [3.05, 3.63) is 11.1 Å². The minimum atomic E-state index is -1.94. The van der Waals surface area contributed by atoms with Crippen LogP contribution < -0.4 is 0 Å². The molecule has 6 N–H and O–H groups in total. The van der Waals surface area contributed by atoms with Gasteiger partial charge in [-0.05, 0) is 25.0 Å². The van der Waals surface area contributed by atoms with E-state index in [1.165, 1.54) is 6.92 Å². The molecule has 2 saturated carbocycles. The number of carbonyl (C=O) groups is 1. The normalized spacial score (nSPS) is 55.6. The predicted molar refractivity (Wildman–Crippen MR) is 96.0 cm³/mol. The van der Waals surface area contributed by atoms with Gasteiger partial charge in [0.05, 0.1) is 36.4 Å². The van der Waals surface area contributed by atoms with Crippen LogP contribution in [0.4, 0.5) is 0 Å². The largest absolute Gasteiger partial charge is 0.392 e. The molecule has 0 aromatic rings. The molecule has 0 aromatic heterocycles. The highest BCUT2D eigenvalue weighted by atomic mass is 16.6. The molecule has 28 heavy (non-hydrogen) atoms. The van der Waals surface area contributed by atoms with Gasteiger partial charge in [-0.2, -0.15) is 0 Å². The van der Waals surface area contributed by atoms with Gasteiger partial charge in [0.1, 0.15) is 17.3 Å². The maximum atomic E-state index is 13.5. The first-order chi connectivity index (χ1) is 12.7. The molecule has 0 radical (unpaired) electrons. The molecular weight excluding hydrogens is 368 g/mol. The van der Waals surface area contributed by atoms with Crippen LogP contribution in [0.15, 0.2) is 11.1 Å². The summed E-state index contributed by atoms with van der Waals surface area (Å²) in [6.07, 6.45) is -6.79. The molecular formula is C20H30O8. The van der Waals surface area contributed by atoms with Crippen molar-refractivity contribution in [1.29, 1.82) is 0 Å². The van der Waals surface area contributed by atoms with Gasteiger partial charge in [0.2, 0.25) is 0 Å². The molecule has 158 valence electrons. The van der Waals surface area contributed by atoms with Crippen LogP contribution in [-0.4, -0.2) is 84.8 Å². The summed E-state index contributed by atoms with van der Waals surface area (Å²) >= 11 is 0. The fourth-order valence-electron chi connectivity index (χ4n) is 6.38. The lowest BCUT2D eigenvalue weighted by Gasteiger charge is -2.66. The summed E-state index contributed by atoms with van der Waals surface area (Å²) in [5.74, 6) is -2.01. The van der Waals surface area contributed by atoms with Crippen LogP contribution in [0.2, 0.25) is 0 Å². The van der Waals surface area contributed by atoms with Crippen LogP contribution in [0, 0.1) is 16.7 Å². The van der Waals surface area contributed by atoms with Crippen LogP contribution in [0.3, 0.4) is 0 Å². The molecule has 1 aliphatic heterocycles. The van der Waals surface area contributed by atoms with Crippen LogP contribution in [0.5, 0.6) is 0 Å². The lowest BCUT2D eigenvalue weighted by molar-refractivity contribution is -0.344. The van der Waals surface area contributed by atoms with Crippen LogP contribution in [-0.2, 0) is 9.53 Å². The van der Waals surface area contributed by atoms with E-state index in [4.69, 9.17) is 4.74 Å². The maximum Gasteiger partial charge on any atom is 0.174 e. The molecule has 4 aliphatic rings. The molecule has 9 atom stereocenters. The zero-order chi connectivity index (χ0) is 21.0. The Balaban J connectivity index is 2.01. The average Bonchev–Trinajstić information content (AvgIpc) is 2.60. The Morgan fingerprint density at radius 3 is 2.21 bits per heavy atom. The third kappa shape index (κ3) is 2.02. The second kappa shape index (κ2) is 5.63. The summed E-state index contributed by atoms with van der Waals surface area (Å²) in [6.45, 7) is 6.09. The quantitative estimate of drug-likeness (QED) is 0.274. The molecule has 4 rings (SSSR count). The number of hydrogen-bond donors (Lipinski definition) is 6. The van der Waals surface area contributed by atoms with E-state index in [9.17, 15) is 35.4 Å². The van der Waals surface area contributed by atoms with E-state index in [1.54, 1.807) is 20.8 Å². The summed E-state index contributed by atoms with van der Waals surface area (Å²) in [4.78, 5) is 13.5. The highest BCUT2D eigenvalue weighted by Crippen LogP contribution is 2.62. The third-order valence-electron chi connectivity index (χ3n) is 8.43. The molecule has 0 aromatic carbocycles. The Morgan fingerprint density at radius 2 is 1.68 bits per heavy atom. The van der Waals surface area contributed by atoms with E-state index in [2.05, 4.69) is 0 Å². The summed E-state index contributed by atoms with van der Waals surface area (Å²) in [5, 5.41) is 66.8. The predicted octanol–water partition coefficient (Wildman–Crippen LogP) is -1.35. The van der Waals surface area contributed by atoms with Crippen molar-refractivity contribution in [3.63, 3.8) is 0 Å². The standard InChI is InChI=1S/C20H30O8/c1-8-9(21)6-20(27)16(25)14-18(4,10(22)5-11-19(14,26)7-28-11)15(24)13(23)12(8)17(20,2)3/h9-11,13-14,16,21-23,25-27H,5-7H2,1-4H3/t9-,10+,11-,13-,14+,16-,18-,19+,20-/m1/s1. The Kier molecular flexibility index (Phi) is 4.10. The van der Waals surface area contributed by atoms with Crippen molar-refractivity contribution in [2.24, 2.45) is 16.7 Å². The first kappa shape index (κ1) is 20.4. The third-order valence-corrected chi connectivity index (χ3v) is 8.43. The molecule has 0 spiro atoms. The number of Topliss-reactive ketones (excluding diaryl/α,β-unsaturated/α-hetero) is 1. The number of fused-ring (bicyclic) bond motifs is 5. The van der Waals surface area contributed by atoms with E-state index in [0.717, 1.165) is 0 Å². The van der Waals surface area contributed by atoms with Crippen LogP contribution in [0.1, 0.15) is 40.5 Å². The minimum absolute atomic E-state index is 0.0167. The van der Waals surface area contributed by atoms with Gasteiger partial charge in [-0.1, -0.05) is 13.8 Å². The molecule has 1 saturated heterocycles. The lowest BCUT2D eigenvalue weighted by Crippen LogP contribution is -2.80. The van der Waals surface area contributed by atoms with Crippen molar-refractivity contribution in [2.45, 2.75) is 82.3 Å². The van der Waals surface area contributed by atoms with Gasteiger partial charge in [-0.3, -0.25) is 4.79 Å². The van der Waals surface area contributed by atoms with E-state index < -0.39 is 64.3 Å². The van der Waals surface area contributed by atoms with Crippen LogP contribution in [0.25, 0.3) is 0 Å². The van der Waals surface area contributed by atoms with Crippen molar-refractivity contribution in [3.8, 4) is 0 Å². The highest BCUT2D eigenvalue weighted by Gasteiger charge is 2.74. The van der Waals surface area contributed by atoms with Crippen LogP contribution >= 0.6 is 0 Å². The lowest BCUT2D eigenvalue weighted by atomic mass is 9.45. The highest BCUT2D eigenvalue weighted by molar-refractivity contribution is 5.93. The van der Waals surface area contributed by atoms with Gasteiger partial charge in [0, 0.05) is 24.2 Å². The van der Waals surface area contributed by atoms with Crippen molar-refractivity contribution >= 4 is 5.78 Å². The minimum Gasteiger partial charge on any atom is -0.392 e. The zero-order valence-corrected chi connectivity index (χ0v) is 16.6. The molecule has 0 amide bonds. The smallest absolute Gasteiger partial charge is 0.174 e. The second-order valence-corrected chi connectivity index (χ2v) is 9.88. The Morgan fingerprint density at radius 1 is 1.07 bits per heavy atom. The number of aliphatic hydroxyl groups excluding tert-OH is 4. The summed E-state index contributed by atoms with van der Waals surface area (Å²) in [5.41, 5.74) is -6.01. The number of ether oxygens (including phenoxy) is 1. The van der Waals surface area contributed by atoms with E-state index in [0.29, 0.717) is 5.57 Å². The zero-order valence-electron chi connectivity index (χ0n) is 16.6. The van der Waals surface area contributed by atoms with E-state index in [1.807, 2.05) is 0 Å². The molecule has 8 heteroatoms. The SMILES string of the molecule is CC1=C2[C@@H](O)C(=O)[C@@]3(C)[C@H]([C@@H](O)[C@](O)(C[C@H]1O)C2(C)C)[C@]1(O)CO[C@@H]1C[C@@H]3O. The number of carbonyl (C=O) groups excluding carboxylic acids is 1.